The number of rotatable bonds is 8. The van der Waals surface area contributed by atoms with Crippen LogP contribution in [0, 0.1) is 0 Å². The van der Waals surface area contributed by atoms with Crippen LogP contribution in [0.3, 0.4) is 0 Å². The molecule has 0 spiro atoms. The maximum Gasteiger partial charge on any atom is 0.325 e. The van der Waals surface area contributed by atoms with Crippen LogP contribution in [-0.2, 0) is 14.3 Å². The lowest BCUT2D eigenvalue weighted by molar-refractivity contribution is -0.147. The Morgan fingerprint density at radius 3 is 1.88 bits per heavy atom. The van der Waals surface area contributed by atoms with Gasteiger partial charge in [-0.3, -0.25) is 24.5 Å². The first kappa shape index (κ1) is 22.2. The molecule has 3 rings (SSSR count). The smallest absolute Gasteiger partial charge is 0.325 e. The van der Waals surface area contributed by atoms with Gasteiger partial charge < -0.3 is 14.8 Å². The summed E-state index contributed by atoms with van der Waals surface area (Å²) < 4.78 is 10.4. The van der Waals surface area contributed by atoms with Crippen LogP contribution in [0.5, 0.6) is 11.5 Å². The average Bonchev–Trinajstić information content (AvgIpc) is 2.83. The van der Waals surface area contributed by atoms with Gasteiger partial charge in [-0.25, -0.2) is 0 Å². The zero-order valence-electron chi connectivity index (χ0n) is 16.9. The normalized spacial score (nSPS) is 10.0. The predicted molar refractivity (Wildman–Crippen MR) is 115 cm³/mol. The first-order valence-electron chi connectivity index (χ1n) is 9.67. The van der Waals surface area contributed by atoms with E-state index in [2.05, 4.69) is 10.6 Å². The molecule has 3 aromatic carbocycles. The van der Waals surface area contributed by atoms with E-state index in [4.69, 9.17) is 9.47 Å². The number of carbonyl (C=O) groups is 4. The van der Waals surface area contributed by atoms with Crippen LogP contribution in [0.1, 0.15) is 20.7 Å². The summed E-state index contributed by atoms with van der Waals surface area (Å²) in [5.41, 5.74) is 0.629. The number of esters is 1. The third-order valence-corrected chi connectivity index (χ3v) is 4.14. The van der Waals surface area contributed by atoms with Crippen molar-refractivity contribution >= 4 is 23.7 Å². The van der Waals surface area contributed by atoms with Crippen molar-refractivity contribution in [3.05, 3.63) is 96.1 Å². The van der Waals surface area contributed by atoms with Gasteiger partial charge in [-0.1, -0.05) is 36.4 Å². The number of para-hydroxylation sites is 1. The van der Waals surface area contributed by atoms with Gasteiger partial charge in [-0.15, -0.1) is 0 Å². The summed E-state index contributed by atoms with van der Waals surface area (Å²) in [6, 6.07) is 23.7. The molecule has 0 aliphatic heterocycles. The Labute approximate surface area is 184 Å². The molecule has 8 heteroatoms. The number of imide groups is 1. The van der Waals surface area contributed by atoms with Crippen molar-refractivity contribution in [1.29, 1.82) is 0 Å². The molecule has 2 N–H and O–H groups in total. The molecule has 8 nitrogen and oxygen atoms in total. The monoisotopic (exact) mass is 432 g/mol. The van der Waals surface area contributed by atoms with Gasteiger partial charge in [0.1, 0.15) is 18.0 Å². The molecule has 0 heterocycles. The van der Waals surface area contributed by atoms with E-state index in [0.29, 0.717) is 22.6 Å². The molecule has 0 saturated heterocycles. The van der Waals surface area contributed by atoms with E-state index in [-0.39, 0.29) is 0 Å². The van der Waals surface area contributed by atoms with Crippen LogP contribution >= 0.6 is 0 Å². The zero-order valence-corrected chi connectivity index (χ0v) is 16.9. The molecule has 162 valence electrons. The second-order valence-corrected chi connectivity index (χ2v) is 6.53. The minimum absolute atomic E-state index is 0.305. The molecule has 0 atom stereocenters. The predicted octanol–water partition coefficient (Wildman–Crippen LogP) is 2.71. The SMILES string of the molecule is O=C(COC(=O)CNC(=O)c1ccc(Oc2ccccc2)cc1)NC(=O)c1ccccc1. The topological polar surface area (TPSA) is 111 Å². The van der Waals surface area contributed by atoms with E-state index in [0.717, 1.165) is 0 Å². The van der Waals surface area contributed by atoms with Crippen molar-refractivity contribution in [2.75, 3.05) is 13.2 Å². The second kappa shape index (κ2) is 11.1. The van der Waals surface area contributed by atoms with Crippen molar-refractivity contribution in [2.45, 2.75) is 0 Å². The first-order valence-corrected chi connectivity index (χ1v) is 9.67. The van der Waals surface area contributed by atoms with Gasteiger partial charge in [-0.05, 0) is 48.5 Å². The Morgan fingerprint density at radius 1 is 0.656 bits per heavy atom. The highest BCUT2D eigenvalue weighted by atomic mass is 16.5. The van der Waals surface area contributed by atoms with E-state index in [1.54, 1.807) is 54.6 Å². The van der Waals surface area contributed by atoms with Crippen LogP contribution in [0.2, 0.25) is 0 Å². The molecular weight excluding hydrogens is 412 g/mol. The van der Waals surface area contributed by atoms with Crippen LogP contribution < -0.4 is 15.4 Å². The summed E-state index contributed by atoms with van der Waals surface area (Å²) in [6.07, 6.45) is 0. The fraction of sp³-hybridized carbons (Fsp3) is 0.0833. The number of hydrogen-bond donors (Lipinski definition) is 2. The first-order chi connectivity index (χ1) is 15.5. The highest BCUT2D eigenvalue weighted by molar-refractivity contribution is 6.05. The van der Waals surface area contributed by atoms with Crippen LogP contribution in [0.4, 0.5) is 0 Å². The van der Waals surface area contributed by atoms with Crippen molar-refractivity contribution in [3.63, 3.8) is 0 Å². The Hall–Kier alpha value is -4.46. The van der Waals surface area contributed by atoms with Gasteiger partial charge >= 0.3 is 5.97 Å². The van der Waals surface area contributed by atoms with Gasteiger partial charge in [0.15, 0.2) is 6.61 Å². The average molecular weight is 432 g/mol. The number of carbonyl (C=O) groups excluding carboxylic acids is 4. The fourth-order valence-corrected chi connectivity index (χ4v) is 2.57. The minimum atomic E-state index is -0.815. The third kappa shape index (κ3) is 6.81. The van der Waals surface area contributed by atoms with E-state index in [1.165, 1.54) is 0 Å². The molecule has 0 aliphatic rings. The summed E-state index contributed by atoms with van der Waals surface area (Å²) in [4.78, 5) is 47.6. The van der Waals surface area contributed by atoms with E-state index >= 15 is 0 Å². The summed E-state index contributed by atoms with van der Waals surface area (Å²) in [5.74, 6) is -1.45. The molecule has 0 saturated carbocycles. The molecule has 0 radical (unpaired) electrons. The van der Waals surface area contributed by atoms with Crippen molar-refractivity contribution in [2.24, 2.45) is 0 Å². The lowest BCUT2D eigenvalue weighted by atomic mass is 10.2. The Kier molecular flexibility index (Phi) is 7.69. The number of hydrogen-bond acceptors (Lipinski definition) is 6. The number of nitrogens with one attached hydrogen (secondary N) is 2. The largest absolute Gasteiger partial charge is 0.457 e. The van der Waals surface area contributed by atoms with Gasteiger partial charge in [0.05, 0.1) is 0 Å². The Bertz CT molecular complexity index is 1080. The maximum absolute atomic E-state index is 12.2. The summed E-state index contributed by atoms with van der Waals surface area (Å²) in [5, 5.41) is 4.52. The molecule has 3 amide bonds. The van der Waals surface area contributed by atoms with Crippen LogP contribution in [0.25, 0.3) is 0 Å². The molecule has 0 aliphatic carbocycles. The molecule has 3 aromatic rings. The van der Waals surface area contributed by atoms with Gasteiger partial charge in [-0.2, -0.15) is 0 Å². The molecule has 0 fully saturated rings. The Balaban J connectivity index is 1.39. The maximum atomic E-state index is 12.2. The lowest BCUT2D eigenvalue weighted by Gasteiger charge is -2.08. The number of ether oxygens (including phenoxy) is 2. The van der Waals surface area contributed by atoms with E-state index < -0.39 is 36.8 Å². The molecule has 0 bridgehead atoms. The van der Waals surface area contributed by atoms with Gasteiger partial charge in [0, 0.05) is 11.1 Å². The highest BCUT2D eigenvalue weighted by Crippen LogP contribution is 2.21. The Morgan fingerprint density at radius 2 is 1.22 bits per heavy atom. The van der Waals surface area contributed by atoms with Crippen molar-refractivity contribution < 1.29 is 28.7 Å². The van der Waals surface area contributed by atoms with Crippen molar-refractivity contribution in [1.82, 2.24) is 10.6 Å². The van der Waals surface area contributed by atoms with Crippen LogP contribution in [-0.4, -0.2) is 36.8 Å². The second-order valence-electron chi connectivity index (χ2n) is 6.53. The van der Waals surface area contributed by atoms with Gasteiger partial charge in [0.25, 0.3) is 17.7 Å². The standard InChI is InChI=1S/C24H20N2O6/c27-21(26-24(30)17-7-3-1-4-8-17)16-31-22(28)15-25-23(29)18-11-13-20(14-12-18)32-19-9-5-2-6-10-19/h1-14H,15-16H2,(H,25,29)(H,26,27,30). The summed E-state index contributed by atoms with van der Waals surface area (Å²) in [6.45, 7) is -1.07. The summed E-state index contributed by atoms with van der Waals surface area (Å²) in [7, 11) is 0. The van der Waals surface area contributed by atoms with Gasteiger partial charge in [0.2, 0.25) is 0 Å². The van der Waals surface area contributed by atoms with Crippen molar-refractivity contribution in [3.8, 4) is 11.5 Å². The highest BCUT2D eigenvalue weighted by Gasteiger charge is 2.13. The van der Waals surface area contributed by atoms with E-state index in [9.17, 15) is 19.2 Å². The summed E-state index contributed by atoms with van der Waals surface area (Å²) >= 11 is 0. The number of benzene rings is 3. The molecular formula is C24H20N2O6. The number of amides is 3. The zero-order chi connectivity index (χ0) is 22.8. The molecule has 0 unspecified atom stereocenters. The lowest BCUT2D eigenvalue weighted by Crippen LogP contribution is -2.36. The fourth-order valence-electron chi connectivity index (χ4n) is 2.57. The molecule has 32 heavy (non-hydrogen) atoms. The van der Waals surface area contributed by atoms with E-state index in [1.807, 2.05) is 30.3 Å². The minimum Gasteiger partial charge on any atom is -0.457 e. The molecule has 0 aromatic heterocycles. The van der Waals surface area contributed by atoms with Crippen LogP contribution in [0.15, 0.2) is 84.9 Å². The quantitative estimate of drug-likeness (QED) is 0.530. The third-order valence-electron chi connectivity index (χ3n) is 4.14.